The minimum absolute atomic E-state index is 0. The number of halogens is 1. The van der Waals surface area contributed by atoms with Crippen LogP contribution in [0.3, 0.4) is 0 Å². The first-order valence-corrected chi connectivity index (χ1v) is 5.46. The largest absolute Gasteiger partial charge is 0.378 e. The summed E-state index contributed by atoms with van der Waals surface area (Å²) in [4.78, 5) is 25.1. The molecule has 18 heavy (non-hydrogen) atoms. The van der Waals surface area contributed by atoms with E-state index in [4.69, 9.17) is 10.5 Å². The van der Waals surface area contributed by atoms with Crippen LogP contribution in [-0.2, 0) is 4.74 Å². The predicted octanol–water partition coefficient (Wildman–Crippen LogP) is 0.680. The molecule has 0 saturated carbocycles. The van der Waals surface area contributed by atoms with Crippen molar-refractivity contribution in [1.29, 1.82) is 0 Å². The summed E-state index contributed by atoms with van der Waals surface area (Å²) in [5.41, 5.74) is 5.88. The maximum atomic E-state index is 12.2. The van der Waals surface area contributed by atoms with E-state index in [1.807, 2.05) is 0 Å². The molecule has 98 valence electrons. The fraction of sp³-hybridized carbons (Fsp3) is 0.333. The number of nitrogens with two attached hydrogens (primary N) is 1. The summed E-state index contributed by atoms with van der Waals surface area (Å²) in [6, 6.07) is 6.60. The topological polar surface area (TPSA) is 72.6 Å². The highest BCUT2D eigenvalue weighted by Gasteiger charge is 2.22. The number of nitrogens with zero attached hydrogens (tertiary/aromatic N) is 1. The summed E-state index contributed by atoms with van der Waals surface area (Å²) >= 11 is 0. The lowest BCUT2D eigenvalue weighted by atomic mass is 10.1. The van der Waals surface area contributed by atoms with Gasteiger partial charge in [-0.2, -0.15) is 0 Å². The van der Waals surface area contributed by atoms with E-state index in [-0.39, 0.29) is 23.9 Å². The highest BCUT2D eigenvalue weighted by molar-refractivity contribution is 6.06. The van der Waals surface area contributed by atoms with E-state index >= 15 is 0 Å². The predicted molar refractivity (Wildman–Crippen MR) is 68.9 cm³/mol. The normalized spacial score (nSPS) is 14.8. The average Bonchev–Trinajstić information content (AvgIpc) is 2.39. The van der Waals surface area contributed by atoms with Gasteiger partial charge in [-0.15, -0.1) is 12.4 Å². The minimum Gasteiger partial charge on any atom is -0.378 e. The minimum atomic E-state index is -0.581. The molecule has 0 aliphatic carbocycles. The van der Waals surface area contributed by atoms with Gasteiger partial charge in [-0.1, -0.05) is 12.1 Å². The van der Waals surface area contributed by atoms with Gasteiger partial charge in [-0.05, 0) is 12.1 Å². The van der Waals surface area contributed by atoms with Crippen LogP contribution in [0.1, 0.15) is 20.7 Å². The van der Waals surface area contributed by atoms with Gasteiger partial charge >= 0.3 is 0 Å². The van der Waals surface area contributed by atoms with Gasteiger partial charge in [0.25, 0.3) is 5.91 Å². The summed E-state index contributed by atoms with van der Waals surface area (Å²) in [6.45, 7) is 2.16. The number of hydrogen-bond donors (Lipinski definition) is 1. The second-order valence-electron chi connectivity index (χ2n) is 3.81. The highest BCUT2D eigenvalue weighted by atomic mass is 35.5. The average molecular weight is 271 g/mol. The van der Waals surface area contributed by atoms with E-state index in [0.717, 1.165) is 0 Å². The molecule has 5 nitrogen and oxygen atoms in total. The maximum absolute atomic E-state index is 12.2. The van der Waals surface area contributed by atoms with Gasteiger partial charge in [0.05, 0.1) is 24.3 Å². The fourth-order valence-corrected chi connectivity index (χ4v) is 1.82. The van der Waals surface area contributed by atoms with E-state index in [9.17, 15) is 9.59 Å². The van der Waals surface area contributed by atoms with Crippen molar-refractivity contribution < 1.29 is 14.3 Å². The number of ether oxygens (including phenoxy) is 1. The quantitative estimate of drug-likeness (QED) is 0.859. The first-order valence-electron chi connectivity index (χ1n) is 5.46. The molecule has 0 bridgehead atoms. The Hall–Kier alpha value is -1.59. The van der Waals surface area contributed by atoms with Crippen molar-refractivity contribution in [3.63, 3.8) is 0 Å². The third-order valence-corrected chi connectivity index (χ3v) is 2.72. The zero-order chi connectivity index (χ0) is 12.3. The second-order valence-corrected chi connectivity index (χ2v) is 3.81. The zero-order valence-corrected chi connectivity index (χ0v) is 10.6. The molecule has 1 fully saturated rings. The van der Waals surface area contributed by atoms with Gasteiger partial charge in [0.2, 0.25) is 5.91 Å². The summed E-state index contributed by atoms with van der Waals surface area (Å²) in [5.74, 6) is -0.745. The van der Waals surface area contributed by atoms with E-state index < -0.39 is 5.91 Å². The molecule has 0 spiro atoms. The summed E-state index contributed by atoms with van der Waals surface area (Å²) in [7, 11) is 0. The molecule has 1 aliphatic rings. The van der Waals surface area contributed by atoms with Crippen LogP contribution < -0.4 is 5.73 Å². The first-order chi connectivity index (χ1) is 8.20. The van der Waals surface area contributed by atoms with E-state index in [1.165, 1.54) is 0 Å². The molecule has 1 aromatic carbocycles. The lowest BCUT2D eigenvalue weighted by Crippen LogP contribution is -2.41. The third kappa shape index (κ3) is 3.00. The molecule has 2 rings (SSSR count). The molecule has 0 aromatic heterocycles. The van der Waals surface area contributed by atoms with Crippen molar-refractivity contribution in [2.75, 3.05) is 26.3 Å². The first kappa shape index (κ1) is 14.5. The molecule has 1 aromatic rings. The van der Waals surface area contributed by atoms with Gasteiger partial charge < -0.3 is 15.4 Å². The molecular formula is C12H15ClN2O3. The molecule has 0 unspecified atom stereocenters. The molecule has 1 aliphatic heterocycles. The van der Waals surface area contributed by atoms with Crippen LogP contribution in [0.4, 0.5) is 0 Å². The monoisotopic (exact) mass is 270 g/mol. The molecule has 0 radical (unpaired) electrons. The molecule has 0 atom stereocenters. The van der Waals surface area contributed by atoms with Crippen molar-refractivity contribution in [3.05, 3.63) is 35.4 Å². The lowest BCUT2D eigenvalue weighted by molar-refractivity contribution is 0.0302. The second kappa shape index (κ2) is 6.37. The maximum Gasteiger partial charge on any atom is 0.254 e. The van der Waals surface area contributed by atoms with E-state index in [1.54, 1.807) is 29.2 Å². The Morgan fingerprint density at radius 2 is 1.67 bits per heavy atom. The van der Waals surface area contributed by atoms with Crippen LogP contribution in [0.2, 0.25) is 0 Å². The van der Waals surface area contributed by atoms with Crippen LogP contribution in [0.15, 0.2) is 24.3 Å². The number of amides is 2. The summed E-state index contributed by atoms with van der Waals surface area (Å²) in [5, 5.41) is 0. The lowest BCUT2D eigenvalue weighted by Gasteiger charge is -2.27. The van der Waals surface area contributed by atoms with E-state index in [0.29, 0.717) is 31.9 Å². The molecular weight excluding hydrogens is 256 g/mol. The van der Waals surface area contributed by atoms with Gasteiger partial charge in [0, 0.05) is 13.1 Å². The molecule has 1 heterocycles. The Morgan fingerprint density at radius 3 is 2.22 bits per heavy atom. The van der Waals surface area contributed by atoms with Crippen LogP contribution in [-0.4, -0.2) is 43.0 Å². The van der Waals surface area contributed by atoms with Crippen molar-refractivity contribution in [3.8, 4) is 0 Å². The van der Waals surface area contributed by atoms with Gasteiger partial charge in [-0.3, -0.25) is 9.59 Å². The number of carbonyl (C=O) groups is 2. The van der Waals surface area contributed by atoms with Crippen LogP contribution in [0.5, 0.6) is 0 Å². The Morgan fingerprint density at radius 1 is 1.11 bits per heavy atom. The van der Waals surface area contributed by atoms with Crippen LogP contribution >= 0.6 is 12.4 Å². The number of rotatable bonds is 2. The Balaban J connectivity index is 0.00000162. The van der Waals surface area contributed by atoms with Gasteiger partial charge in [-0.25, -0.2) is 0 Å². The van der Waals surface area contributed by atoms with Crippen molar-refractivity contribution in [1.82, 2.24) is 4.90 Å². The van der Waals surface area contributed by atoms with Crippen LogP contribution in [0.25, 0.3) is 0 Å². The third-order valence-electron chi connectivity index (χ3n) is 2.72. The number of carbonyl (C=O) groups excluding carboxylic acids is 2. The smallest absolute Gasteiger partial charge is 0.254 e. The Labute approximate surface area is 111 Å². The number of morpholine rings is 1. The van der Waals surface area contributed by atoms with Gasteiger partial charge in [0.15, 0.2) is 0 Å². The standard InChI is InChI=1S/C12H14N2O3.ClH/c13-11(15)9-3-1-2-4-10(9)12(16)14-5-7-17-8-6-14;/h1-4H,5-8H2,(H2,13,15);1H. The Kier molecular flexibility index (Phi) is 5.12. The number of benzene rings is 1. The summed E-state index contributed by atoms with van der Waals surface area (Å²) < 4.78 is 5.18. The highest BCUT2D eigenvalue weighted by Crippen LogP contribution is 2.12. The molecule has 2 N–H and O–H groups in total. The molecule has 6 heteroatoms. The van der Waals surface area contributed by atoms with Crippen molar-refractivity contribution in [2.45, 2.75) is 0 Å². The SMILES string of the molecule is Cl.NC(=O)c1ccccc1C(=O)N1CCOCC1. The number of primary amides is 1. The van der Waals surface area contributed by atoms with Gasteiger partial charge in [0.1, 0.15) is 0 Å². The van der Waals surface area contributed by atoms with Crippen molar-refractivity contribution in [2.24, 2.45) is 5.73 Å². The van der Waals surface area contributed by atoms with Crippen LogP contribution in [0, 0.1) is 0 Å². The zero-order valence-electron chi connectivity index (χ0n) is 9.80. The molecule has 2 amide bonds. The summed E-state index contributed by atoms with van der Waals surface area (Å²) in [6.07, 6.45) is 0. The number of hydrogen-bond acceptors (Lipinski definition) is 3. The molecule has 1 saturated heterocycles. The fourth-order valence-electron chi connectivity index (χ4n) is 1.82. The van der Waals surface area contributed by atoms with Crippen molar-refractivity contribution >= 4 is 24.2 Å². The van der Waals surface area contributed by atoms with E-state index in [2.05, 4.69) is 0 Å². The Bertz CT molecular complexity index is 445.